The first-order valence-corrected chi connectivity index (χ1v) is 8.45. The minimum Gasteiger partial charge on any atom is -0.386 e. The van der Waals surface area contributed by atoms with E-state index in [0.717, 1.165) is 10.2 Å². The lowest BCUT2D eigenvalue weighted by atomic mass is 10.3. The molecule has 2 N–H and O–H groups in total. The van der Waals surface area contributed by atoms with E-state index in [0.29, 0.717) is 11.4 Å². The molecule has 0 atom stereocenters. The third-order valence-corrected chi connectivity index (χ3v) is 5.01. The van der Waals surface area contributed by atoms with E-state index in [1.54, 1.807) is 42.9 Å². The zero-order valence-electron chi connectivity index (χ0n) is 11.1. The standard InChI is InChI=1S/C13H12N4O2S2/c1-14-11-3-2-6-15-13(11)21(18,19)17-9-4-5-10-12(7-9)20-8-16-10/h2-8,14,17H,1H3. The van der Waals surface area contributed by atoms with E-state index in [1.807, 2.05) is 0 Å². The quantitative estimate of drug-likeness (QED) is 0.772. The van der Waals surface area contributed by atoms with Crippen molar-refractivity contribution in [1.82, 2.24) is 9.97 Å². The molecule has 108 valence electrons. The van der Waals surface area contributed by atoms with Gasteiger partial charge in [-0.2, -0.15) is 8.42 Å². The lowest BCUT2D eigenvalue weighted by Crippen LogP contribution is -2.16. The molecule has 0 aliphatic heterocycles. The lowest BCUT2D eigenvalue weighted by Gasteiger charge is -2.10. The van der Waals surface area contributed by atoms with Gasteiger partial charge in [-0.3, -0.25) is 4.72 Å². The van der Waals surface area contributed by atoms with Crippen LogP contribution in [0, 0.1) is 0 Å². The van der Waals surface area contributed by atoms with Crippen molar-refractivity contribution >= 4 is 43.0 Å². The average molecular weight is 320 g/mol. The molecule has 3 rings (SSSR count). The van der Waals surface area contributed by atoms with Gasteiger partial charge in [-0.1, -0.05) is 0 Å². The Morgan fingerprint density at radius 3 is 2.86 bits per heavy atom. The summed E-state index contributed by atoms with van der Waals surface area (Å²) in [5, 5.41) is 2.79. The molecular weight excluding hydrogens is 308 g/mol. The van der Waals surface area contributed by atoms with Crippen LogP contribution in [-0.2, 0) is 10.0 Å². The van der Waals surface area contributed by atoms with Gasteiger partial charge in [0.15, 0.2) is 5.03 Å². The molecule has 1 aromatic carbocycles. The molecule has 0 bridgehead atoms. The van der Waals surface area contributed by atoms with E-state index >= 15 is 0 Å². The molecule has 21 heavy (non-hydrogen) atoms. The molecule has 0 saturated carbocycles. The molecule has 6 nitrogen and oxygen atoms in total. The summed E-state index contributed by atoms with van der Waals surface area (Å²) in [6.45, 7) is 0. The Balaban J connectivity index is 1.98. The van der Waals surface area contributed by atoms with Gasteiger partial charge in [0, 0.05) is 13.2 Å². The highest BCUT2D eigenvalue weighted by Crippen LogP contribution is 2.25. The molecular formula is C13H12N4O2S2. The molecule has 0 spiro atoms. The van der Waals surface area contributed by atoms with Crippen LogP contribution in [0.15, 0.2) is 47.1 Å². The Bertz CT molecular complexity index is 890. The molecule has 0 aliphatic carbocycles. The fourth-order valence-corrected chi connectivity index (χ4v) is 3.83. The number of fused-ring (bicyclic) bond motifs is 1. The second-order valence-corrected chi connectivity index (χ2v) is 6.73. The zero-order chi connectivity index (χ0) is 14.9. The predicted molar refractivity (Wildman–Crippen MR) is 84.2 cm³/mol. The number of pyridine rings is 1. The van der Waals surface area contributed by atoms with Crippen LogP contribution in [0.4, 0.5) is 11.4 Å². The van der Waals surface area contributed by atoms with E-state index in [-0.39, 0.29) is 5.03 Å². The number of rotatable bonds is 4. The number of nitrogens with one attached hydrogen (secondary N) is 2. The van der Waals surface area contributed by atoms with Gasteiger partial charge in [-0.25, -0.2) is 9.97 Å². The van der Waals surface area contributed by atoms with Crippen molar-refractivity contribution in [2.24, 2.45) is 0 Å². The van der Waals surface area contributed by atoms with Gasteiger partial charge in [-0.15, -0.1) is 11.3 Å². The maximum atomic E-state index is 12.4. The number of sulfonamides is 1. The number of nitrogens with zero attached hydrogens (tertiary/aromatic N) is 2. The van der Waals surface area contributed by atoms with Gasteiger partial charge in [0.05, 0.1) is 27.1 Å². The summed E-state index contributed by atoms with van der Waals surface area (Å²) in [5.41, 5.74) is 3.50. The molecule has 3 aromatic rings. The zero-order valence-corrected chi connectivity index (χ0v) is 12.7. The van der Waals surface area contributed by atoms with Gasteiger partial charge in [0.1, 0.15) is 0 Å². The molecule has 2 heterocycles. The fourth-order valence-electron chi connectivity index (χ4n) is 1.92. The summed E-state index contributed by atoms with van der Waals surface area (Å²) < 4.78 is 28.3. The SMILES string of the molecule is CNc1cccnc1S(=O)(=O)Nc1ccc2ncsc2c1. The van der Waals surface area contributed by atoms with Gasteiger partial charge in [0.25, 0.3) is 10.0 Å². The Hall–Kier alpha value is -2.19. The maximum absolute atomic E-state index is 12.4. The smallest absolute Gasteiger partial charge is 0.281 e. The van der Waals surface area contributed by atoms with Crippen molar-refractivity contribution < 1.29 is 8.42 Å². The Morgan fingerprint density at radius 2 is 2.05 bits per heavy atom. The van der Waals surface area contributed by atoms with E-state index < -0.39 is 10.0 Å². The molecule has 2 aromatic heterocycles. The van der Waals surface area contributed by atoms with Crippen LogP contribution in [-0.4, -0.2) is 25.4 Å². The van der Waals surface area contributed by atoms with Crippen LogP contribution in [0.2, 0.25) is 0 Å². The minimum absolute atomic E-state index is 0.0306. The molecule has 8 heteroatoms. The molecule has 0 aliphatic rings. The van der Waals surface area contributed by atoms with Crippen molar-refractivity contribution in [1.29, 1.82) is 0 Å². The van der Waals surface area contributed by atoms with Gasteiger partial charge < -0.3 is 5.32 Å². The minimum atomic E-state index is -3.75. The van der Waals surface area contributed by atoms with Crippen molar-refractivity contribution in [3.05, 3.63) is 42.0 Å². The fraction of sp³-hybridized carbons (Fsp3) is 0.0769. The average Bonchev–Trinajstić information content (AvgIpc) is 2.94. The first kappa shape index (κ1) is 13.8. The van der Waals surface area contributed by atoms with Gasteiger partial charge >= 0.3 is 0 Å². The van der Waals surface area contributed by atoms with E-state index in [1.165, 1.54) is 17.5 Å². The van der Waals surface area contributed by atoms with Crippen LogP contribution < -0.4 is 10.0 Å². The van der Waals surface area contributed by atoms with Gasteiger partial charge in [-0.05, 0) is 30.3 Å². The lowest BCUT2D eigenvalue weighted by molar-refractivity contribution is 0.598. The van der Waals surface area contributed by atoms with E-state index in [4.69, 9.17) is 0 Å². The monoisotopic (exact) mass is 320 g/mol. The van der Waals surface area contributed by atoms with E-state index in [9.17, 15) is 8.42 Å². The van der Waals surface area contributed by atoms with Crippen LogP contribution in [0.25, 0.3) is 10.2 Å². The second kappa shape index (κ2) is 5.30. The summed E-state index contributed by atoms with van der Waals surface area (Å²) in [6, 6.07) is 8.55. The largest absolute Gasteiger partial charge is 0.386 e. The topological polar surface area (TPSA) is 84.0 Å². The third kappa shape index (κ3) is 2.67. The first-order valence-electron chi connectivity index (χ1n) is 6.09. The molecule has 0 saturated heterocycles. The highest BCUT2D eigenvalue weighted by Gasteiger charge is 2.19. The number of anilines is 2. The Kier molecular flexibility index (Phi) is 3.48. The number of aromatic nitrogens is 2. The summed E-state index contributed by atoms with van der Waals surface area (Å²) in [6.07, 6.45) is 1.45. The van der Waals surface area contributed by atoms with Gasteiger partial charge in [0.2, 0.25) is 0 Å². The predicted octanol–water partition coefficient (Wildman–Crippen LogP) is 2.53. The normalized spacial score (nSPS) is 11.5. The highest BCUT2D eigenvalue weighted by molar-refractivity contribution is 7.92. The number of hydrogen-bond donors (Lipinski definition) is 2. The summed E-state index contributed by atoms with van der Waals surface area (Å²) >= 11 is 1.46. The molecule has 0 fully saturated rings. The highest BCUT2D eigenvalue weighted by atomic mass is 32.2. The molecule has 0 amide bonds. The van der Waals surface area contributed by atoms with Crippen molar-refractivity contribution in [3.8, 4) is 0 Å². The summed E-state index contributed by atoms with van der Waals surface area (Å²) in [5.74, 6) is 0. The number of thiazole rings is 1. The summed E-state index contributed by atoms with van der Waals surface area (Å²) in [4.78, 5) is 8.11. The van der Waals surface area contributed by atoms with Crippen molar-refractivity contribution in [2.45, 2.75) is 5.03 Å². The summed E-state index contributed by atoms with van der Waals surface area (Å²) in [7, 11) is -2.10. The second-order valence-electron chi connectivity index (χ2n) is 4.25. The maximum Gasteiger partial charge on any atom is 0.281 e. The molecule has 0 radical (unpaired) electrons. The Morgan fingerprint density at radius 1 is 1.19 bits per heavy atom. The van der Waals surface area contributed by atoms with Crippen LogP contribution in [0.1, 0.15) is 0 Å². The first-order chi connectivity index (χ1) is 10.1. The van der Waals surface area contributed by atoms with Crippen molar-refractivity contribution in [2.75, 3.05) is 17.1 Å². The number of hydrogen-bond acceptors (Lipinski definition) is 6. The van der Waals surface area contributed by atoms with Crippen LogP contribution in [0.5, 0.6) is 0 Å². The van der Waals surface area contributed by atoms with Crippen molar-refractivity contribution in [3.63, 3.8) is 0 Å². The van der Waals surface area contributed by atoms with E-state index in [2.05, 4.69) is 20.0 Å². The number of benzene rings is 1. The van der Waals surface area contributed by atoms with Crippen LogP contribution >= 0.6 is 11.3 Å². The molecule has 0 unspecified atom stereocenters. The van der Waals surface area contributed by atoms with Crippen LogP contribution in [0.3, 0.4) is 0 Å². The Labute approximate surface area is 125 Å². The third-order valence-electron chi connectivity index (χ3n) is 2.88.